The first kappa shape index (κ1) is 17.1. The van der Waals surface area contributed by atoms with Gasteiger partial charge in [0.2, 0.25) is 5.91 Å². The lowest BCUT2D eigenvalue weighted by Gasteiger charge is -2.07. The number of anilines is 1. The number of benzene rings is 1. The maximum Gasteiger partial charge on any atom is 0.224 e. The van der Waals surface area contributed by atoms with E-state index in [1.807, 2.05) is 25.1 Å². The average molecular weight is 318 g/mol. The fraction of sp³-hybridized carbons (Fsp3) is 0.462. The molecule has 0 spiro atoms. The second-order valence-corrected chi connectivity index (χ2v) is 4.64. The molecule has 0 aromatic heterocycles. The molecule has 0 saturated carbocycles. The van der Waals surface area contributed by atoms with Gasteiger partial charge in [0.15, 0.2) is 0 Å². The van der Waals surface area contributed by atoms with Gasteiger partial charge in [0, 0.05) is 36.7 Å². The van der Waals surface area contributed by atoms with Crippen molar-refractivity contribution in [2.45, 2.75) is 26.2 Å². The van der Waals surface area contributed by atoms with Crippen molar-refractivity contribution in [1.82, 2.24) is 0 Å². The molecular weight excluding hydrogens is 296 g/mol. The number of hydrogen-bond acceptors (Lipinski definition) is 2. The minimum Gasteiger partial charge on any atom is -0.400 e. The summed E-state index contributed by atoms with van der Waals surface area (Å²) in [5, 5.41) is 10.9. The zero-order valence-electron chi connectivity index (χ0n) is 11.0. The maximum absolute atomic E-state index is 11.6. The Hall–Kier alpha value is -0.910. The van der Waals surface area contributed by atoms with Crippen LogP contribution in [0.15, 0.2) is 18.2 Å². The van der Waals surface area contributed by atoms with Crippen LogP contribution in [-0.4, -0.2) is 23.5 Å². The molecule has 0 saturated heterocycles. The molecule has 0 heterocycles. The molecule has 0 bridgehead atoms. The van der Waals surface area contributed by atoms with Crippen molar-refractivity contribution in [2.24, 2.45) is 0 Å². The molecule has 0 fully saturated rings. The Labute approximate surface area is 117 Å². The maximum atomic E-state index is 11.6. The number of unbranched alkanes of at least 4 members (excludes halogenated alkanes) is 1. The van der Waals surface area contributed by atoms with E-state index in [0.29, 0.717) is 6.42 Å². The zero-order valence-corrected chi connectivity index (χ0v) is 12.6. The Morgan fingerprint density at radius 2 is 2.06 bits per heavy atom. The number of hydrogen-bond donors (Lipinski definition) is 3. The first-order valence-corrected chi connectivity index (χ1v) is 6.99. The second-order valence-electron chi connectivity index (χ2n) is 3.84. The van der Waals surface area contributed by atoms with Crippen LogP contribution in [0.1, 0.15) is 24.8 Å². The topological polar surface area (TPSA) is 77.0 Å². The van der Waals surface area contributed by atoms with E-state index in [0.717, 1.165) is 42.2 Å². The van der Waals surface area contributed by atoms with Crippen molar-refractivity contribution in [3.63, 3.8) is 0 Å². The highest BCUT2D eigenvalue weighted by Crippen LogP contribution is 2.17. The molecule has 102 valence electrons. The standard InChI is InChI=1S/C12H17BrN2O.CH4O/c1-9-8-10(14)5-6-11(9)15-12(16)4-2-3-7-13;1-2/h5-6,8H,2-4,7,14H2,1H3,(H,15,16);2H,1H3/p+1. The molecule has 5 N–H and O–H groups in total. The molecule has 0 radical (unpaired) electrons. The summed E-state index contributed by atoms with van der Waals surface area (Å²) >= 11 is 3.35. The fourth-order valence-corrected chi connectivity index (χ4v) is 1.86. The molecule has 1 rings (SSSR count). The van der Waals surface area contributed by atoms with E-state index in [1.165, 1.54) is 0 Å². The smallest absolute Gasteiger partial charge is 0.224 e. The van der Waals surface area contributed by atoms with Crippen LogP contribution in [-0.2, 0) is 4.79 Å². The first-order chi connectivity index (χ1) is 8.63. The number of amides is 1. The summed E-state index contributed by atoms with van der Waals surface area (Å²) in [6.45, 7) is 1.97. The summed E-state index contributed by atoms with van der Waals surface area (Å²) in [6.07, 6.45) is 2.53. The van der Waals surface area contributed by atoms with E-state index in [2.05, 4.69) is 27.0 Å². The predicted molar refractivity (Wildman–Crippen MR) is 78.1 cm³/mol. The molecule has 0 atom stereocenters. The van der Waals surface area contributed by atoms with Crippen LogP contribution in [0.2, 0.25) is 0 Å². The van der Waals surface area contributed by atoms with E-state index >= 15 is 0 Å². The average Bonchev–Trinajstić information content (AvgIpc) is 2.36. The third-order valence-electron chi connectivity index (χ3n) is 2.35. The van der Waals surface area contributed by atoms with Crippen LogP contribution < -0.4 is 11.1 Å². The van der Waals surface area contributed by atoms with Gasteiger partial charge in [0.1, 0.15) is 5.69 Å². The van der Waals surface area contributed by atoms with Gasteiger partial charge in [0.25, 0.3) is 0 Å². The highest BCUT2D eigenvalue weighted by molar-refractivity contribution is 9.09. The molecule has 0 unspecified atom stereocenters. The van der Waals surface area contributed by atoms with Gasteiger partial charge in [-0.1, -0.05) is 15.9 Å². The zero-order chi connectivity index (χ0) is 14.0. The molecule has 4 nitrogen and oxygen atoms in total. The molecule has 0 aliphatic carbocycles. The molecule has 1 aromatic carbocycles. The Morgan fingerprint density at radius 3 is 2.61 bits per heavy atom. The van der Waals surface area contributed by atoms with Gasteiger partial charge in [0.05, 0.1) is 0 Å². The summed E-state index contributed by atoms with van der Waals surface area (Å²) in [7, 11) is 1.00. The van der Waals surface area contributed by atoms with Crippen molar-refractivity contribution >= 4 is 33.2 Å². The van der Waals surface area contributed by atoms with E-state index < -0.39 is 0 Å². The third kappa shape index (κ3) is 6.74. The van der Waals surface area contributed by atoms with Crippen LogP contribution >= 0.6 is 15.9 Å². The lowest BCUT2D eigenvalue weighted by atomic mass is 10.1. The lowest BCUT2D eigenvalue weighted by Crippen LogP contribution is -2.40. The Morgan fingerprint density at radius 1 is 1.39 bits per heavy atom. The fourth-order valence-electron chi connectivity index (χ4n) is 1.46. The largest absolute Gasteiger partial charge is 0.400 e. The number of carbonyl (C=O) groups excluding carboxylic acids is 1. The normalized spacial score (nSPS) is 9.39. The summed E-state index contributed by atoms with van der Waals surface area (Å²) in [4.78, 5) is 11.6. The van der Waals surface area contributed by atoms with Gasteiger partial charge in [-0.25, -0.2) is 0 Å². The molecule has 0 aliphatic heterocycles. The molecule has 1 amide bonds. The van der Waals surface area contributed by atoms with Crippen LogP contribution in [0.25, 0.3) is 0 Å². The number of carbonyl (C=O) groups is 1. The van der Waals surface area contributed by atoms with Crippen LogP contribution in [0.5, 0.6) is 0 Å². The van der Waals surface area contributed by atoms with Gasteiger partial charge < -0.3 is 16.2 Å². The molecule has 1 aromatic rings. The van der Waals surface area contributed by atoms with Crippen LogP contribution in [0.4, 0.5) is 11.4 Å². The third-order valence-corrected chi connectivity index (χ3v) is 2.91. The van der Waals surface area contributed by atoms with Gasteiger partial charge in [-0.15, -0.1) is 0 Å². The molecule has 5 heteroatoms. The first-order valence-electron chi connectivity index (χ1n) is 5.86. The number of halogens is 1. The Kier molecular flexibility index (Phi) is 9.55. The van der Waals surface area contributed by atoms with Crippen molar-refractivity contribution in [3.05, 3.63) is 23.8 Å². The summed E-state index contributed by atoms with van der Waals surface area (Å²) in [6, 6.07) is 5.77. The van der Waals surface area contributed by atoms with Gasteiger partial charge in [-0.3, -0.25) is 4.79 Å². The van der Waals surface area contributed by atoms with Crippen LogP contribution in [0, 0.1) is 6.92 Å². The van der Waals surface area contributed by atoms with Crippen molar-refractivity contribution < 1.29 is 15.6 Å². The number of aryl methyl sites for hydroxylation is 1. The van der Waals surface area contributed by atoms with Crippen LogP contribution in [0.3, 0.4) is 0 Å². The number of nitrogens with one attached hydrogen (secondary N) is 1. The molecular formula is C13H22BrN2O2+. The second kappa shape index (κ2) is 10.1. The summed E-state index contributed by atoms with van der Waals surface area (Å²) in [5.41, 5.74) is 6.75. The number of aliphatic hydroxyl groups excluding tert-OH is 1. The number of aliphatic hydroxyl groups is 1. The minimum absolute atomic E-state index is 0.0841. The summed E-state index contributed by atoms with van der Waals surface area (Å²) in [5.74, 6) is 0.0841. The predicted octanol–water partition coefficient (Wildman–Crippen LogP) is 1.98. The highest BCUT2D eigenvalue weighted by Gasteiger charge is 2.05. The van der Waals surface area contributed by atoms with Gasteiger partial charge in [-0.2, -0.15) is 0 Å². The summed E-state index contributed by atoms with van der Waals surface area (Å²) < 4.78 is 0. The molecule has 18 heavy (non-hydrogen) atoms. The Balaban J connectivity index is 0.00000137. The number of rotatable bonds is 5. The van der Waals surface area contributed by atoms with E-state index in [1.54, 1.807) is 0 Å². The number of alkyl halides is 1. The van der Waals surface area contributed by atoms with Crippen molar-refractivity contribution in [3.8, 4) is 0 Å². The van der Waals surface area contributed by atoms with E-state index in [9.17, 15) is 4.79 Å². The van der Waals surface area contributed by atoms with Gasteiger partial charge in [-0.05, 0) is 31.4 Å². The van der Waals surface area contributed by atoms with E-state index in [-0.39, 0.29) is 5.91 Å². The highest BCUT2D eigenvalue weighted by atomic mass is 79.9. The van der Waals surface area contributed by atoms with Gasteiger partial charge >= 0.3 is 0 Å². The number of quaternary nitrogens is 1. The van der Waals surface area contributed by atoms with Crippen molar-refractivity contribution in [2.75, 3.05) is 17.8 Å². The molecule has 0 aliphatic rings. The Bertz CT molecular complexity index is 370. The lowest BCUT2D eigenvalue weighted by molar-refractivity contribution is -0.254. The SMILES string of the molecule is CO.Cc1cc([NH3+])ccc1NC(=O)CCCCBr. The van der Waals surface area contributed by atoms with Crippen molar-refractivity contribution in [1.29, 1.82) is 0 Å². The quantitative estimate of drug-likeness (QED) is 0.573. The monoisotopic (exact) mass is 317 g/mol. The minimum atomic E-state index is 0.0841. The van der Waals surface area contributed by atoms with E-state index in [4.69, 9.17) is 5.11 Å².